The smallest absolute Gasteiger partial charge is 0.270 e. The number of rotatable bonds is 10. The fourth-order valence-electron chi connectivity index (χ4n) is 4.79. The van der Waals surface area contributed by atoms with Gasteiger partial charge in [0.15, 0.2) is 0 Å². The third kappa shape index (κ3) is 6.06. The van der Waals surface area contributed by atoms with E-state index in [1.54, 1.807) is 24.3 Å². The second kappa shape index (κ2) is 11.7. The Kier molecular flexibility index (Phi) is 7.95. The summed E-state index contributed by atoms with van der Waals surface area (Å²) in [6.07, 6.45) is 3.74. The second-order valence-corrected chi connectivity index (χ2v) is 10.2. The molecule has 10 heteroatoms. The van der Waals surface area contributed by atoms with Crippen molar-refractivity contribution in [3.63, 3.8) is 0 Å². The van der Waals surface area contributed by atoms with Crippen molar-refractivity contribution in [2.24, 2.45) is 7.05 Å². The van der Waals surface area contributed by atoms with Crippen molar-refractivity contribution in [1.29, 1.82) is 0 Å². The molecule has 1 aliphatic heterocycles. The summed E-state index contributed by atoms with van der Waals surface area (Å²) in [5.74, 6) is 1.38. The van der Waals surface area contributed by atoms with E-state index in [1.165, 1.54) is 12.3 Å². The van der Waals surface area contributed by atoms with Crippen LogP contribution in [0.15, 0.2) is 54.7 Å². The first-order valence-electron chi connectivity index (χ1n) is 13.5. The number of carbonyl (C=O) groups is 2. The van der Waals surface area contributed by atoms with Crippen molar-refractivity contribution < 1.29 is 18.7 Å². The van der Waals surface area contributed by atoms with E-state index in [9.17, 15) is 14.0 Å². The van der Waals surface area contributed by atoms with Crippen LogP contribution in [0.5, 0.6) is 11.5 Å². The number of anilines is 2. The number of nitrogens with zero attached hydrogens (tertiary/aromatic N) is 4. The Morgan fingerprint density at radius 2 is 1.95 bits per heavy atom. The molecule has 1 fully saturated rings. The van der Waals surface area contributed by atoms with Crippen molar-refractivity contribution in [2.45, 2.75) is 39.0 Å². The van der Waals surface area contributed by atoms with Gasteiger partial charge in [-0.3, -0.25) is 14.6 Å². The number of likely N-dealkylation sites (tertiary alicyclic amines) is 1. The maximum absolute atomic E-state index is 14.1. The summed E-state index contributed by atoms with van der Waals surface area (Å²) in [6, 6.07) is 13.8. The predicted molar refractivity (Wildman–Crippen MR) is 152 cm³/mol. The molecule has 2 aromatic carbocycles. The third-order valence-corrected chi connectivity index (χ3v) is 6.99. The largest absolute Gasteiger partial charge is 0.457 e. The number of hydrogen-bond acceptors (Lipinski definition) is 6. The van der Waals surface area contributed by atoms with Gasteiger partial charge in [-0.2, -0.15) is 0 Å². The molecule has 40 heavy (non-hydrogen) atoms. The van der Waals surface area contributed by atoms with E-state index in [1.807, 2.05) is 48.6 Å². The number of imidazole rings is 1. The molecule has 1 aliphatic rings. The highest BCUT2D eigenvalue weighted by Gasteiger charge is 2.19. The van der Waals surface area contributed by atoms with Crippen LogP contribution >= 0.6 is 0 Å². The standard InChI is InChI=1S/C30H33FN6O3/c1-19(2)23-16-20(7-9-24(23)31)34-30-35-25-17-21(8-10-27(25)36(30)3)40-22-11-13-32-26(18-22)29(39)33-12-5-15-37-14-4-6-28(37)38/h7-11,13,16-19H,4-6,12,14-15H2,1-3H3,(H,33,39)(H,34,35). The molecule has 4 aromatic rings. The number of aromatic nitrogens is 3. The van der Waals surface area contributed by atoms with E-state index in [-0.39, 0.29) is 29.2 Å². The highest BCUT2D eigenvalue weighted by molar-refractivity contribution is 5.92. The number of aryl methyl sites for hydroxylation is 1. The van der Waals surface area contributed by atoms with Crippen LogP contribution in [0.25, 0.3) is 11.0 Å². The van der Waals surface area contributed by atoms with Gasteiger partial charge >= 0.3 is 0 Å². The topological polar surface area (TPSA) is 101 Å². The average Bonchev–Trinajstić information content (AvgIpc) is 3.49. The zero-order chi connectivity index (χ0) is 28.2. The Labute approximate surface area is 232 Å². The van der Waals surface area contributed by atoms with Gasteiger partial charge < -0.3 is 24.8 Å². The number of nitrogens with one attached hydrogen (secondary N) is 2. The second-order valence-electron chi connectivity index (χ2n) is 10.2. The Hall–Kier alpha value is -4.47. The van der Waals surface area contributed by atoms with Crippen molar-refractivity contribution in [2.75, 3.05) is 25.0 Å². The van der Waals surface area contributed by atoms with Gasteiger partial charge in [0.05, 0.1) is 11.0 Å². The van der Waals surface area contributed by atoms with Gasteiger partial charge in [0, 0.05) is 57.1 Å². The first kappa shape index (κ1) is 27.1. The molecule has 0 radical (unpaired) electrons. The summed E-state index contributed by atoms with van der Waals surface area (Å²) in [5.41, 5.74) is 3.26. The van der Waals surface area contributed by atoms with Gasteiger partial charge in [-0.15, -0.1) is 0 Å². The van der Waals surface area contributed by atoms with E-state index in [0.29, 0.717) is 48.9 Å². The number of pyridine rings is 1. The molecule has 5 rings (SSSR count). The van der Waals surface area contributed by atoms with Crippen molar-refractivity contribution in [3.8, 4) is 11.5 Å². The minimum absolute atomic E-state index is 0.0633. The normalized spacial score (nSPS) is 13.3. The van der Waals surface area contributed by atoms with Crippen LogP contribution in [0.3, 0.4) is 0 Å². The number of fused-ring (bicyclic) bond motifs is 1. The molecule has 2 aromatic heterocycles. The van der Waals surface area contributed by atoms with E-state index in [0.717, 1.165) is 29.7 Å². The molecule has 0 aliphatic carbocycles. The predicted octanol–water partition coefficient (Wildman–Crippen LogP) is 5.51. The Morgan fingerprint density at radius 1 is 1.12 bits per heavy atom. The number of ether oxygens (including phenoxy) is 1. The van der Waals surface area contributed by atoms with E-state index in [2.05, 4.69) is 15.6 Å². The molecule has 3 heterocycles. The molecule has 0 spiro atoms. The highest BCUT2D eigenvalue weighted by Crippen LogP contribution is 2.29. The summed E-state index contributed by atoms with van der Waals surface area (Å²) in [5, 5.41) is 6.14. The van der Waals surface area contributed by atoms with Crippen molar-refractivity contribution >= 4 is 34.5 Å². The lowest BCUT2D eigenvalue weighted by atomic mass is 10.0. The molecule has 0 bridgehead atoms. The quantitative estimate of drug-likeness (QED) is 0.255. The molecule has 2 amide bonds. The zero-order valence-corrected chi connectivity index (χ0v) is 22.9. The number of halogens is 1. The number of benzene rings is 2. The van der Waals surface area contributed by atoms with Gasteiger partial charge in [-0.05, 0) is 60.7 Å². The lowest BCUT2D eigenvalue weighted by molar-refractivity contribution is -0.127. The third-order valence-electron chi connectivity index (χ3n) is 6.99. The highest BCUT2D eigenvalue weighted by atomic mass is 19.1. The maximum Gasteiger partial charge on any atom is 0.270 e. The van der Waals surface area contributed by atoms with Crippen LogP contribution in [0.4, 0.5) is 16.0 Å². The van der Waals surface area contributed by atoms with Crippen LogP contribution < -0.4 is 15.4 Å². The molecule has 0 unspecified atom stereocenters. The minimum Gasteiger partial charge on any atom is -0.457 e. The fraction of sp³-hybridized carbons (Fsp3) is 0.333. The van der Waals surface area contributed by atoms with Crippen LogP contribution in [0, 0.1) is 5.82 Å². The summed E-state index contributed by atoms with van der Waals surface area (Å²) < 4.78 is 22.1. The number of hydrogen-bond donors (Lipinski definition) is 2. The Morgan fingerprint density at radius 3 is 2.73 bits per heavy atom. The summed E-state index contributed by atoms with van der Waals surface area (Å²) in [6.45, 7) is 5.81. The first-order chi connectivity index (χ1) is 19.3. The Balaban J connectivity index is 1.23. The molecular weight excluding hydrogens is 511 g/mol. The van der Waals surface area contributed by atoms with Gasteiger partial charge in [0.25, 0.3) is 5.91 Å². The van der Waals surface area contributed by atoms with Crippen LogP contribution in [0.2, 0.25) is 0 Å². The minimum atomic E-state index is -0.296. The molecule has 1 saturated heterocycles. The Bertz CT molecular complexity index is 1550. The van der Waals surface area contributed by atoms with Gasteiger partial charge in [-0.1, -0.05) is 13.8 Å². The van der Waals surface area contributed by atoms with Crippen LogP contribution in [-0.4, -0.2) is 50.9 Å². The van der Waals surface area contributed by atoms with E-state index < -0.39 is 0 Å². The molecule has 208 valence electrons. The molecular formula is C30H33FN6O3. The number of amides is 2. The molecule has 0 saturated carbocycles. The molecule has 0 atom stereocenters. The fourth-order valence-corrected chi connectivity index (χ4v) is 4.79. The summed E-state index contributed by atoms with van der Waals surface area (Å²) >= 11 is 0. The number of carbonyl (C=O) groups excluding carboxylic acids is 2. The lowest BCUT2D eigenvalue weighted by Crippen LogP contribution is -2.30. The SMILES string of the molecule is CC(C)c1cc(Nc2nc3cc(Oc4ccnc(C(=O)NCCCN5CCCC5=O)c4)ccc3n2C)ccc1F. The monoisotopic (exact) mass is 544 g/mol. The summed E-state index contributed by atoms with van der Waals surface area (Å²) in [7, 11) is 1.90. The van der Waals surface area contributed by atoms with Gasteiger partial charge in [0.2, 0.25) is 11.9 Å². The molecule has 2 N–H and O–H groups in total. The van der Waals surface area contributed by atoms with Gasteiger partial charge in [-0.25, -0.2) is 9.37 Å². The van der Waals surface area contributed by atoms with Crippen molar-refractivity contribution in [1.82, 2.24) is 24.8 Å². The van der Waals surface area contributed by atoms with Gasteiger partial charge in [0.1, 0.15) is 23.0 Å². The maximum atomic E-state index is 14.1. The van der Waals surface area contributed by atoms with E-state index in [4.69, 9.17) is 9.72 Å². The summed E-state index contributed by atoms with van der Waals surface area (Å²) in [4.78, 5) is 35.0. The first-order valence-corrected chi connectivity index (χ1v) is 13.5. The van der Waals surface area contributed by atoms with E-state index >= 15 is 0 Å². The lowest BCUT2D eigenvalue weighted by Gasteiger charge is -2.15. The molecule has 9 nitrogen and oxygen atoms in total. The van der Waals surface area contributed by atoms with Crippen molar-refractivity contribution in [3.05, 3.63) is 71.8 Å². The van der Waals surface area contributed by atoms with Crippen LogP contribution in [0.1, 0.15) is 55.1 Å². The average molecular weight is 545 g/mol. The zero-order valence-electron chi connectivity index (χ0n) is 22.9. The van der Waals surface area contributed by atoms with Crippen LogP contribution in [-0.2, 0) is 11.8 Å².